The van der Waals surface area contributed by atoms with Crippen LogP contribution in [0.25, 0.3) is 22.3 Å². The summed E-state index contributed by atoms with van der Waals surface area (Å²) in [6.07, 6.45) is 0. The highest BCUT2D eigenvalue weighted by Gasteiger charge is 2.15. The Balaban J connectivity index is 1.96. The van der Waals surface area contributed by atoms with Crippen LogP contribution < -0.4 is 5.32 Å². The molecule has 1 heteroatoms. The minimum absolute atomic E-state index is 0.976. The summed E-state index contributed by atoms with van der Waals surface area (Å²) in [6.45, 7) is 1.95. The zero-order chi connectivity index (χ0) is 14.1. The number of hydrogen-bond donors (Lipinski definition) is 1. The molecule has 0 bridgehead atoms. The lowest BCUT2D eigenvalue weighted by molar-refractivity contribution is 0.765. The van der Waals surface area contributed by atoms with E-state index in [0.717, 1.165) is 13.1 Å². The van der Waals surface area contributed by atoms with Gasteiger partial charge in [0.1, 0.15) is 0 Å². The van der Waals surface area contributed by atoms with Crippen LogP contribution in [-0.2, 0) is 13.1 Å². The second kappa shape index (κ2) is 5.19. The average molecular weight is 271 g/mol. The van der Waals surface area contributed by atoms with Crippen molar-refractivity contribution in [1.29, 1.82) is 0 Å². The highest BCUT2D eigenvalue weighted by molar-refractivity contribution is 5.84. The maximum absolute atomic E-state index is 3.45. The number of hydrogen-bond acceptors (Lipinski definition) is 1. The lowest BCUT2D eigenvalue weighted by Gasteiger charge is -2.13. The van der Waals surface area contributed by atoms with Crippen molar-refractivity contribution in [1.82, 2.24) is 5.32 Å². The van der Waals surface area contributed by atoms with E-state index in [9.17, 15) is 0 Å². The molecule has 102 valence electrons. The van der Waals surface area contributed by atoms with Crippen molar-refractivity contribution in [2.45, 2.75) is 13.1 Å². The Labute approximate surface area is 125 Å². The molecule has 0 fully saturated rings. The van der Waals surface area contributed by atoms with Gasteiger partial charge in [0.25, 0.3) is 0 Å². The van der Waals surface area contributed by atoms with E-state index in [2.05, 4.69) is 78.1 Å². The summed E-state index contributed by atoms with van der Waals surface area (Å²) in [5, 5.41) is 3.45. The Morgan fingerprint density at radius 1 is 0.571 bits per heavy atom. The summed E-state index contributed by atoms with van der Waals surface area (Å²) in [7, 11) is 0. The molecule has 21 heavy (non-hydrogen) atoms. The number of nitrogens with one attached hydrogen (secondary N) is 1. The second-order valence-corrected chi connectivity index (χ2v) is 5.50. The van der Waals surface area contributed by atoms with Crippen molar-refractivity contribution >= 4 is 0 Å². The van der Waals surface area contributed by atoms with Crippen molar-refractivity contribution in [3.63, 3.8) is 0 Å². The van der Waals surface area contributed by atoms with Crippen molar-refractivity contribution < 1.29 is 0 Å². The van der Waals surface area contributed by atoms with Crippen LogP contribution in [0.5, 0.6) is 0 Å². The van der Waals surface area contributed by atoms with Crippen LogP contribution in [0.4, 0.5) is 0 Å². The molecule has 3 aromatic rings. The highest BCUT2D eigenvalue weighted by atomic mass is 14.9. The maximum atomic E-state index is 3.45. The molecular weight excluding hydrogens is 254 g/mol. The average Bonchev–Trinajstić information content (AvgIpc) is 3.03. The molecule has 0 amide bonds. The van der Waals surface area contributed by atoms with Crippen molar-refractivity contribution in [3.05, 3.63) is 83.9 Å². The Morgan fingerprint density at radius 3 is 1.43 bits per heavy atom. The third-order valence-electron chi connectivity index (χ3n) is 4.14. The highest BCUT2D eigenvalue weighted by Crippen LogP contribution is 2.35. The standard InChI is InChI=1S/C20H17N/c1-3-7-15(8-4-1)19-11-17-13-21-14-18(17)12-20(19)16-9-5-2-6-10-16/h1-12,21H,13-14H2. The van der Waals surface area contributed by atoms with Crippen LogP contribution >= 0.6 is 0 Å². The van der Waals surface area contributed by atoms with Gasteiger partial charge in [0, 0.05) is 13.1 Å². The predicted octanol–water partition coefficient (Wildman–Crippen LogP) is 4.62. The minimum atomic E-state index is 0.976. The van der Waals surface area contributed by atoms with Crippen LogP contribution in [0.2, 0.25) is 0 Å². The van der Waals surface area contributed by atoms with Gasteiger partial charge in [-0.15, -0.1) is 0 Å². The van der Waals surface area contributed by atoms with E-state index in [1.807, 2.05) is 0 Å². The number of benzene rings is 3. The van der Waals surface area contributed by atoms with E-state index in [4.69, 9.17) is 0 Å². The number of rotatable bonds is 2. The quantitative estimate of drug-likeness (QED) is 0.717. The molecule has 0 saturated heterocycles. The summed E-state index contributed by atoms with van der Waals surface area (Å²) < 4.78 is 0. The van der Waals surface area contributed by atoms with Gasteiger partial charge in [0.05, 0.1) is 0 Å². The van der Waals surface area contributed by atoms with E-state index in [1.54, 1.807) is 0 Å². The molecule has 1 nitrogen and oxygen atoms in total. The lowest BCUT2D eigenvalue weighted by atomic mass is 9.91. The molecule has 1 heterocycles. The Kier molecular flexibility index (Phi) is 3.06. The van der Waals surface area contributed by atoms with Gasteiger partial charge in [-0.2, -0.15) is 0 Å². The molecule has 0 aromatic heterocycles. The smallest absolute Gasteiger partial charge is 0.0212 e. The molecule has 0 radical (unpaired) electrons. The fraction of sp³-hybridized carbons (Fsp3) is 0.100. The molecular formula is C20H17N. The summed E-state index contributed by atoms with van der Waals surface area (Å²) in [6, 6.07) is 26.0. The van der Waals surface area contributed by atoms with E-state index in [0.29, 0.717) is 0 Å². The van der Waals surface area contributed by atoms with Crippen molar-refractivity contribution in [2.24, 2.45) is 0 Å². The van der Waals surface area contributed by atoms with Gasteiger partial charge in [-0.1, -0.05) is 60.7 Å². The van der Waals surface area contributed by atoms with Crippen LogP contribution in [0.3, 0.4) is 0 Å². The molecule has 3 aromatic carbocycles. The minimum Gasteiger partial charge on any atom is -0.309 e. The van der Waals surface area contributed by atoms with E-state index < -0.39 is 0 Å². The topological polar surface area (TPSA) is 12.0 Å². The van der Waals surface area contributed by atoms with Crippen LogP contribution in [0.15, 0.2) is 72.8 Å². The second-order valence-electron chi connectivity index (χ2n) is 5.50. The van der Waals surface area contributed by atoms with Gasteiger partial charge in [-0.3, -0.25) is 0 Å². The normalized spacial score (nSPS) is 13.1. The summed E-state index contributed by atoms with van der Waals surface area (Å²) >= 11 is 0. The largest absolute Gasteiger partial charge is 0.309 e. The van der Waals surface area contributed by atoms with E-state index in [1.165, 1.54) is 33.4 Å². The molecule has 4 rings (SSSR count). The molecule has 1 N–H and O–H groups in total. The van der Waals surface area contributed by atoms with Crippen molar-refractivity contribution in [3.8, 4) is 22.3 Å². The predicted molar refractivity (Wildman–Crippen MR) is 87.9 cm³/mol. The monoisotopic (exact) mass is 271 g/mol. The van der Waals surface area contributed by atoms with Gasteiger partial charge in [-0.05, 0) is 45.5 Å². The molecule has 1 aliphatic rings. The van der Waals surface area contributed by atoms with Gasteiger partial charge in [-0.25, -0.2) is 0 Å². The zero-order valence-corrected chi connectivity index (χ0v) is 11.8. The van der Waals surface area contributed by atoms with Crippen molar-refractivity contribution in [2.75, 3.05) is 0 Å². The fourth-order valence-electron chi connectivity index (χ4n) is 3.06. The molecule has 0 saturated carbocycles. The molecule has 0 aliphatic carbocycles. The van der Waals surface area contributed by atoms with Gasteiger partial charge < -0.3 is 5.32 Å². The van der Waals surface area contributed by atoms with Crippen LogP contribution in [0, 0.1) is 0 Å². The fourth-order valence-corrected chi connectivity index (χ4v) is 3.06. The van der Waals surface area contributed by atoms with Crippen LogP contribution in [0.1, 0.15) is 11.1 Å². The first kappa shape index (κ1) is 12.4. The third-order valence-corrected chi connectivity index (χ3v) is 4.14. The number of fused-ring (bicyclic) bond motifs is 1. The molecule has 0 atom stereocenters. The summed E-state index contributed by atoms with van der Waals surface area (Å²) in [5.41, 5.74) is 8.06. The SMILES string of the molecule is c1ccc(-c2cc3c(cc2-c2ccccc2)CNC3)cc1. The first-order valence-corrected chi connectivity index (χ1v) is 7.39. The van der Waals surface area contributed by atoms with Gasteiger partial charge in [0.2, 0.25) is 0 Å². The maximum Gasteiger partial charge on any atom is 0.0212 e. The first-order chi connectivity index (χ1) is 10.4. The summed E-state index contributed by atoms with van der Waals surface area (Å²) in [5.74, 6) is 0. The Morgan fingerprint density at radius 2 is 1.00 bits per heavy atom. The zero-order valence-electron chi connectivity index (χ0n) is 11.8. The Bertz CT molecular complexity index is 694. The van der Waals surface area contributed by atoms with Crippen LogP contribution in [-0.4, -0.2) is 0 Å². The molecule has 0 spiro atoms. The Hall–Kier alpha value is -2.38. The van der Waals surface area contributed by atoms with E-state index in [-0.39, 0.29) is 0 Å². The molecule has 0 unspecified atom stereocenters. The first-order valence-electron chi connectivity index (χ1n) is 7.39. The van der Waals surface area contributed by atoms with Gasteiger partial charge >= 0.3 is 0 Å². The van der Waals surface area contributed by atoms with Gasteiger partial charge in [0.15, 0.2) is 0 Å². The third kappa shape index (κ3) is 2.26. The lowest BCUT2D eigenvalue weighted by Crippen LogP contribution is -1.99. The van der Waals surface area contributed by atoms with E-state index >= 15 is 0 Å². The summed E-state index contributed by atoms with van der Waals surface area (Å²) in [4.78, 5) is 0. The molecule has 1 aliphatic heterocycles.